The Morgan fingerprint density at radius 3 is 2.86 bits per heavy atom. The van der Waals surface area contributed by atoms with Gasteiger partial charge in [0, 0.05) is 45.1 Å². The molecule has 1 aliphatic heterocycles. The number of para-hydroxylation sites is 1. The lowest BCUT2D eigenvalue weighted by molar-refractivity contribution is -0.125. The largest absolute Gasteiger partial charge is 0.375 e. The number of benzene rings is 1. The van der Waals surface area contributed by atoms with Gasteiger partial charge in [-0.3, -0.25) is 9.20 Å². The van der Waals surface area contributed by atoms with Crippen LogP contribution in [0.5, 0.6) is 0 Å². The number of nitrogens with zero attached hydrogens (tertiary/aromatic N) is 5. The van der Waals surface area contributed by atoms with Gasteiger partial charge < -0.3 is 15.1 Å². The van der Waals surface area contributed by atoms with Crippen LogP contribution in [-0.4, -0.2) is 53.7 Å². The van der Waals surface area contributed by atoms with Gasteiger partial charge in [-0.25, -0.2) is 0 Å². The fraction of sp³-hybridized carbons (Fsp3) is 0.409. The van der Waals surface area contributed by atoms with Gasteiger partial charge in [0.1, 0.15) is 0 Å². The van der Waals surface area contributed by atoms with E-state index in [1.54, 1.807) is 0 Å². The van der Waals surface area contributed by atoms with Crippen LogP contribution in [0.3, 0.4) is 0 Å². The van der Waals surface area contributed by atoms with E-state index < -0.39 is 0 Å². The summed E-state index contributed by atoms with van der Waals surface area (Å²) in [7, 11) is 2.08. The number of hydrogen-bond acceptors (Lipinski definition) is 5. The van der Waals surface area contributed by atoms with Crippen molar-refractivity contribution in [1.82, 2.24) is 19.9 Å². The maximum Gasteiger partial charge on any atom is 0.231 e. The van der Waals surface area contributed by atoms with E-state index in [0.29, 0.717) is 13.1 Å². The summed E-state index contributed by atoms with van der Waals surface area (Å²) in [6.45, 7) is 3.19. The Kier molecular flexibility index (Phi) is 5.93. The zero-order valence-corrected chi connectivity index (χ0v) is 16.9. The molecule has 7 heteroatoms. The van der Waals surface area contributed by atoms with Crippen molar-refractivity contribution in [3.63, 3.8) is 0 Å². The monoisotopic (exact) mass is 392 g/mol. The zero-order valence-electron chi connectivity index (χ0n) is 16.9. The lowest BCUT2D eigenvalue weighted by atomic mass is 9.97. The molecule has 152 valence electrons. The first kappa shape index (κ1) is 19.2. The Balaban J connectivity index is 1.27. The summed E-state index contributed by atoms with van der Waals surface area (Å²) >= 11 is 0. The van der Waals surface area contributed by atoms with Crippen molar-refractivity contribution in [2.75, 3.05) is 43.0 Å². The van der Waals surface area contributed by atoms with Crippen molar-refractivity contribution in [1.29, 1.82) is 0 Å². The molecule has 0 spiro atoms. The number of nitrogens with one attached hydrogen (secondary N) is 1. The van der Waals surface area contributed by atoms with E-state index in [2.05, 4.69) is 44.5 Å². The molecule has 3 aromatic rings. The average molecular weight is 393 g/mol. The standard InChI is InChI=1S/C22H28N6O/c1-26(19-10-3-2-4-11-19)14-8-13-23-21(29)18-9-7-15-27(17-18)22-25-24-20-12-5-6-16-28(20)22/h2-6,10-12,16,18H,7-9,13-15,17H2,1H3,(H,23,29)/t18-/m1/s1. The normalized spacial score (nSPS) is 16.7. The Morgan fingerprint density at radius 2 is 2.00 bits per heavy atom. The number of fused-ring (bicyclic) bond motifs is 1. The van der Waals surface area contributed by atoms with Crippen LogP contribution in [0.2, 0.25) is 0 Å². The maximum absolute atomic E-state index is 12.7. The van der Waals surface area contributed by atoms with Gasteiger partial charge >= 0.3 is 0 Å². The van der Waals surface area contributed by atoms with E-state index >= 15 is 0 Å². The smallest absolute Gasteiger partial charge is 0.231 e. The number of anilines is 2. The summed E-state index contributed by atoms with van der Waals surface area (Å²) in [4.78, 5) is 17.1. The summed E-state index contributed by atoms with van der Waals surface area (Å²) in [6, 6.07) is 16.2. The fourth-order valence-corrected chi connectivity index (χ4v) is 3.90. The molecule has 0 aliphatic carbocycles. The van der Waals surface area contributed by atoms with Crippen LogP contribution < -0.4 is 15.1 Å². The van der Waals surface area contributed by atoms with Gasteiger partial charge in [0.2, 0.25) is 11.9 Å². The number of aromatic nitrogens is 3. The Morgan fingerprint density at radius 1 is 1.17 bits per heavy atom. The predicted molar refractivity (Wildman–Crippen MR) is 115 cm³/mol. The second kappa shape index (κ2) is 8.94. The van der Waals surface area contributed by atoms with Gasteiger partial charge in [0.25, 0.3) is 0 Å². The van der Waals surface area contributed by atoms with Gasteiger partial charge in [0.05, 0.1) is 5.92 Å². The van der Waals surface area contributed by atoms with Crippen LogP contribution in [0, 0.1) is 5.92 Å². The van der Waals surface area contributed by atoms with E-state index in [9.17, 15) is 4.79 Å². The quantitative estimate of drug-likeness (QED) is 0.626. The Bertz CT molecular complexity index is 941. The number of pyridine rings is 1. The molecule has 0 bridgehead atoms. The van der Waals surface area contributed by atoms with Crippen molar-refractivity contribution in [3.8, 4) is 0 Å². The van der Waals surface area contributed by atoms with Gasteiger partial charge in [0.15, 0.2) is 5.65 Å². The number of carbonyl (C=O) groups is 1. The number of hydrogen-bond donors (Lipinski definition) is 1. The molecule has 1 fully saturated rings. The zero-order chi connectivity index (χ0) is 20.1. The molecule has 1 saturated heterocycles. The third kappa shape index (κ3) is 4.50. The molecule has 29 heavy (non-hydrogen) atoms. The first-order chi connectivity index (χ1) is 14.2. The third-order valence-electron chi connectivity index (χ3n) is 5.54. The van der Waals surface area contributed by atoms with E-state index in [-0.39, 0.29) is 11.8 Å². The Labute approximate surface area is 171 Å². The van der Waals surface area contributed by atoms with Crippen molar-refractivity contribution in [2.45, 2.75) is 19.3 Å². The molecule has 0 unspecified atom stereocenters. The summed E-state index contributed by atoms with van der Waals surface area (Å²) < 4.78 is 1.99. The van der Waals surface area contributed by atoms with Crippen LogP contribution in [0.1, 0.15) is 19.3 Å². The highest BCUT2D eigenvalue weighted by atomic mass is 16.1. The molecule has 4 rings (SSSR count). The number of rotatable bonds is 7. The summed E-state index contributed by atoms with van der Waals surface area (Å²) in [5, 5.41) is 11.7. The molecule has 1 aromatic carbocycles. The topological polar surface area (TPSA) is 65.8 Å². The molecule has 1 aliphatic rings. The summed E-state index contributed by atoms with van der Waals surface area (Å²) in [6.07, 6.45) is 4.79. The minimum Gasteiger partial charge on any atom is -0.375 e. The highest BCUT2D eigenvalue weighted by Crippen LogP contribution is 2.22. The molecule has 3 heterocycles. The molecule has 2 aromatic heterocycles. The molecular weight excluding hydrogens is 364 g/mol. The van der Waals surface area contributed by atoms with Crippen LogP contribution in [0.4, 0.5) is 11.6 Å². The molecule has 1 atom stereocenters. The second-order valence-electron chi connectivity index (χ2n) is 7.62. The van der Waals surface area contributed by atoms with Crippen molar-refractivity contribution < 1.29 is 4.79 Å². The van der Waals surface area contributed by atoms with Crippen LogP contribution in [0.25, 0.3) is 5.65 Å². The molecule has 0 saturated carbocycles. The van der Waals surface area contributed by atoms with Gasteiger partial charge in [-0.05, 0) is 43.5 Å². The SMILES string of the molecule is CN(CCCNC(=O)[C@@H]1CCCN(c2nnc3ccccn23)C1)c1ccccc1. The highest BCUT2D eigenvalue weighted by Gasteiger charge is 2.27. The lowest BCUT2D eigenvalue weighted by Crippen LogP contribution is -2.44. The van der Waals surface area contributed by atoms with E-state index in [4.69, 9.17) is 0 Å². The number of carbonyl (C=O) groups excluding carboxylic acids is 1. The molecule has 7 nitrogen and oxygen atoms in total. The van der Waals surface area contributed by atoms with E-state index in [1.807, 2.05) is 47.0 Å². The molecule has 1 N–H and O–H groups in total. The van der Waals surface area contributed by atoms with Crippen LogP contribution in [-0.2, 0) is 4.79 Å². The minimum atomic E-state index is -0.00772. The fourth-order valence-electron chi connectivity index (χ4n) is 3.90. The van der Waals surface area contributed by atoms with Gasteiger partial charge in [-0.15, -0.1) is 10.2 Å². The van der Waals surface area contributed by atoms with Crippen molar-refractivity contribution >= 4 is 23.2 Å². The first-order valence-corrected chi connectivity index (χ1v) is 10.3. The van der Waals surface area contributed by atoms with Crippen LogP contribution in [0.15, 0.2) is 54.7 Å². The molecule has 1 amide bonds. The summed E-state index contributed by atoms with van der Waals surface area (Å²) in [5.41, 5.74) is 2.03. The van der Waals surface area contributed by atoms with Crippen LogP contribution >= 0.6 is 0 Å². The van der Waals surface area contributed by atoms with Crippen molar-refractivity contribution in [2.24, 2.45) is 5.92 Å². The molecular formula is C22H28N6O. The van der Waals surface area contributed by atoms with Crippen molar-refractivity contribution in [3.05, 3.63) is 54.7 Å². The van der Waals surface area contributed by atoms with E-state index in [0.717, 1.165) is 43.9 Å². The van der Waals surface area contributed by atoms with Gasteiger partial charge in [-0.1, -0.05) is 24.3 Å². The first-order valence-electron chi connectivity index (χ1n) is 10.3. The predicted octanol–water partition coefficient (Wildman–Crippen LogP) is 2.59. The number of amides is 1. The highest BCUT2D eigenvalue weighted by molar-refractivity contribution is 5.79. The lowest BCUT2D eigenvalue weighted by Gasteiger charge is -2.32. The Hall–Kier alpha value is -3.09. The molecule has 0 radical (unpaired) electrons. The third-order valence-corrected chi connectivity index (χ3v) is 5.54. The summed E-state index contributed by atoms with van der Waals surface area (Å²) in [5.74, 6) is 0.958. The van der Waals surface area contributed by atoms with E-state index in [1.165, 1.54) is 5.69 Å². The number of piperidine rings is 1. The average Bonchev–Trinajstić information content (AvgIpc) is 3.21. The second-order valence-corrected chi connectivity index (χ2v) is 7.62. The minimum absolute atomic E-state index is 0.00772. The van der Waals surface area contributed by atoms with Gasteiger partial charge in [-0.2, -0.15) is 0 Å². The maximum atomic E-state index is 12.7.